The molecule has 0 unspecified atom stereocenters. The molecule has 0 fully saturated rings. The molecule has 0 aliphatic rings. The predicted octanol–water partition coefficient (Wildman–Crippen LogP) is 5.48. The highest BCUT2D eigenvalue weighted by molar-refractivity contribution is 5.08. The van der Waals surface area contributed by atoms with Crippen LogP contribution in [-0.4, -0.2) is 10.3 Å². The minimum atomic E-state index is -0.0721. The van der Waals surface area contributed by atoms with Crippen LogP contribution in [0.4, 0.5) is 0 Å². The van der Waals surface area contributed by atoms with Crippen LogP contribution in [0.3, 0.4) is 0 Å². The van der Waals surface area contributed by atoms with Crippen molar-refractivity contribution in [2.45, 2.75) is 85.0 Å². The van der Waals surface area contributed by atoms with Gasteiger partial charge in [0.15, 0.2) is 0 Å². The van der Waals surface area contributed by atoms with E-state index in [4.69, 9.17) is 5.11 Å². The van der Waals surface area contributed by atoms with Crippen molar-refractivity contribution in [3.8, 4) is 5.95 Å². The van der Waals surface area contributed by atoms with Crippen molar-refractivity contribution in [3.63, 3.8) is 0 Å². The fourth-order valence-corrected chi connectivity index (χ4v) is 2.21. The minimum Gasteiger partial charge on any atom is -0.479 e. The molecule has 0 radical (unpaired) electrons. The second kappa shape index (κ2) is 12.1. The van der Waals surface area contributed by atoms with Crippen LogP contribution >= 0.6 is 0 Å². The van der Waals surface area contributed by atoms with Crippen LogP contribution in [0.15, 0.2) is 10.6 Å². The van der Waals surface area contributed by atoms with Crippen molar-refractivity contribution in [2.24, 2.45) is 0 Å². The highest BCUT2D eigenvalue weighted by Crippen LogP contribution is 2.14. The van der Waals surface area contributed by atoms with E-state index in [1.807, 2.05) is 0 Å². The molecule has 0 spiro atoms. The van der Waals surface area contributed by atoms with E-state index in [1.54, 1.807) is 6.07 Å². The second-order valence-corrected chi connectivity index (χ2v) is 5.09. The zero-order valence-electron chi connectivity index (χ0n) is 11.7. The topological polar surface area (TPSA) is 46.3 Å². The van der Waals surface area contributed by atoms with Gasteiger partial charge in [0.05, 0.1) is 5.69 Å². The average molecular weight is 269 g/mol. The predicted molar refractivity (Wildman–Crippen MR) is 80.4 cm³/mol. The first-order chi connectivity index (χ1) is 8.83. The maximum Gasteiger partial charge on any atom is 0.308 e. The Kier molecular flexibility index (Phi) is 11.4. The molecule has 0 atom stereocenters. The normalized spacial score (nSPS) is 10.4. The maximum absolute atomic E-state index is 8.99. The van der Waals surface area contributed by atoms with E-state index in [1.165, 1.54) is 57.8 Å². The number of rotatable bonds is 11. The zero-order chi connectivity index (χ0) is 13.1. The summed E-state index contributed by atoms with van der Waals surface area (Å²) in [4.78, 5) is 0. The van der Waals surface area contributed by atoms with Crippen molar-refractivity contribution >= 4 is 0 Å². The Morgan fingerprint density at radius 1 is 0.947 bits per heavy atom. The summed E-state index contributed by atoms with van der Waals surface area (Å²) in [5.41, 5.74) is 0.868. The third kappa shape index (κ3) is 9.57. The first-order valence-corrected chi connectivity index (χ1v) is 7.47. The molecule has 112 valence electrons. The molecule has 0 aromatic carbocycles. The van der Waals surface area contributed by atoms with Gasteiger partial charge in [0.1, 0.15) is 0 Å². The Labute approximate surface area is 118 Å². The third-order valence-electron chi connectivity index (χ3n) is 3.33. The molecular formula is C16H31NO2. The number of aromatic nitrogens is 1. The van der Waals surface area contributed by atoms with Crippen LogP contribution in [0.5, 0.6) is 5.95 Å². The van der Waals surface area contributed by atoms with Crippen molar-refractivity contribution in [1.29, 1.82) is 0 Å². The molecule has 0 saturated heterocycles. The van der Waals surface area contributed by atoms with E-state index in [2.05, 4.69) is 16.6 Å². The molecule has 0 aliphatic heterocycles. The number of unbranched alkanes of at least 4 members (excludes halogenated alkanes) is 9. The average Bonchev–Trinajstić information content (AvgIpc) is 2.77. The summed E-state index contributed by atoms with van der Waals surface area (Å²) in [6.07, 6.45) is 14.3. The highest BCUT2D eigenvalue weighted by Gasteiger charge is 2.01. The van der Waals surface area contributed by atoms with Gasteiger partial charge in [-0.1, -0.05) is 77.3 Å². The Morgan fingerprint density at radius 3 is 1.95 bits per heavy atom. The molecule has 1 rings (SSSR count). The summed E-state index contributed by atoms with van der Waals surface area (Å²) in [6.45, 7) is 2.26. The fraction of sp³-hybridized carbons (Fsp3) is 0.812. The van der Waals surface area contributed by atoms with Crippen LogP contribution in [0, 0.1) is 0 Å². The van der Waals surface area contributed by atoms with E-state index in [0.29, 0.717) is 0 Å². The van der Waals surface area contributed by atoms with Crippen LogP contribution in [-0.2, 0) is 6.42 Å². The van der Waals surface area contributed by atoms with Crippen molar-refractivity contribution in [2.75, 3.05) is 0 Å². The standard InChI is InChI=1S/C15H27NO2.CH4/c1-2-3-4-5-6-7-8-9-10-11-12-14-13-15(17)18-16-14;/h13,17H,2-12H2,1H3;1H4. The summed E-state index contributed by atoms with van der Waals surface area (Å²) in [5, 5.41) is 12.8. The van der Waals surface area contributed by atoms with E-state index in [-0.39, 0.29) is 13.4 Å². The van der Waals surface area contributed by atoms with Gasteiger partial charge in [0, 0.05) is 6.07 Å². The SMILES string of the molecule is C.CCCCCCCCCCCCc1cc(O)on1. The molecular weight excluding hydrogens is 238 g/mol. The second-order valence-electron chi connectivity index (χ2n) is 5.09. The Balaban J connectivity index is 0.00000324. The summed E-state index contributed by atoms with van der Waals surface area (Å²) >= 11 is 0. The van der Waals surface area contributed by atoms with E-state index in [9.17, 15) is 0 Å². The van der Waals surface area contributed by atoms with E-state index < -0.39 is 0 Å². The lowest BCUT2D eigenvalue weighted by atomic mass is 10.1. The van der Waals surface area contributed by atoms with Crippen molar-refractivity contribution in [1.82, 2.24) is 5.16 Å². The lowest BCUT2D eigenvalue weighted by molar-refractivity contribution is 0.276. The molecule has 1 aromatic rings. The lowest BCUT2D eigenvalue weighted by Gasteiger charge is -2.01. The van der Waals surface area contributed by atoms with Gasteiger partial charge in [-0.25, -0.2) is 0 Å². The van der Waals surface area contributed by atoms with E-state index in [0.717, 1.165) is 18.5 Å². The molecule has 19 heavy (non-hydrogen) atoms. The third-order valence-corrected chi connectivity index (χ3v) is 3.33. The number of nitrogens with zero attached hydrogens (tertiary/aromatic N) is 1. The Hall–Kier alpha value is -0.990. The molecule has 0 saturated carbocycles. The van der Waals surface area contributed by atoms with Crippen molar-refractivity contribution < 1.29 is 9.63 Å². The van der Waals surface area contributed by atoms with Gasteiger partial charge in [0.2, 0.25) is 0 Å². The number of hydrogen-bond acceptors (Lipinski definition) is 3. The van der Waals surface area contributed by atoms with Gasteiger partial charge in [-0.05, 0) is 12.8 Å². The molecule has 0 amide bonds. The number of aryl methyl sites for hydroxylation is 1. The van der Waals surface area contributed by atoms with Gasteiger partial charge in [0.25, 0.3) is 0 Å². The first-order valence-electron chi connectivity index (χ1n) is 7.47. The smallest absolute Gasteiger partial charge is 0.308 e. The summed E-state index contributed by atoms with van der Waals surface area (Å²) in [6, 6.07) is 1.60. The lowest BCUT2D eigenvalue weighted by Crippen LogP contribution is -1.86. The molecule has 0 bridgehead atoms. The minimum absolute atomic E-state index is 0. The van der Waals surface area contributed by atoms with Crippen LogP contribution in [0.25, 0.3) is 0 Å². The summed E-state index contributed by atoms with van der Waals surface area (Å²) < 4.78 is 4.61. The molecule has 1 N–H and O–H groups in total. The van der Waals surface area contributed by atoms with Crippen molar-refractivity contribution in [3.05, 3.63) is 11.8 Å². The van der Waals surface area contributed by atoms with Gasteiger partial charge < -0.3 is 9.63 Å². The Bertz CT molecular complexity index is 297. The maximum atomic E-state index is 8.99. The quantitative estimate of drug-likeness (QED) is 0.541. The number of aromatic hydroxyl groups is 1. The molecule has 1 heterocycles. The summed E-state index contributed by atoms with van der Waals surface area (Å²) in [7, 11) is 0. The van der Waals surface area contributed by atoms with Gasteiger partial charge in [-0.2, -0.15) is 0 Å². The van der Waals surface area contributed by atoms with Gasteiger partial charge >= 0.3 is 5.95 Å². The molecule has 1 aromatic heterocycles. The Morgan fingerprint density at radius 2 is 1.47 bits per heavy atom. The zero-order valence-corrected chi connectivity index (χ0v) is 11.7. The van der Waals surface area contributed by atoms with Crippen LogP contribution < -0.4 is 0 Å². The fourth-order valence-electron chi connectivity index (χ4n) is 2.21. The largest absolute Gasteiger partial charge is 0.479 e. The van der Waals surface area contributed by atoms with Gasteiger partial charge in [-0.3, -0.25) is 0 Å². The first kappa shape index (κ1) is 18.0. The summed E-state index contributed by atoms with van der Waals surface area (Å²) in [5.74, 6) is -0.0721. The monoisotopic (exact) mass is 269 g/mol. The number of hydrogen-bond donors (Lipinski definition) is 1. The van der Waals surface area contributed by atoms with Crippen LogP contribution in [0.2, 0.25) is 0 Å². The van der Waals surface area contributed by atoms with E-state index >= 15 is 0 Å². The molecule has 3 nitrogen and oxygen atoms in total. The van der Waals surface area contributed by atoms with Crippen LogP contribution in [0.1, 0.15) is 84.3 Å². The van der Waals surface area contributed by atoms with Gasteiger partial charge in [-0.15, -0.1) is 0 Å². The molecule has 0 aliphatic carbocycles. The highest BCUT2D eigenvalue weighted by atomic mass is 16.5. The molecule has 3 heteroatoms.